The molecule has 0 fully saturated rings. The van der Waals surface area contributed by atoms with E-state index in [9.17, 15) is 18.0 Å². The number of amides is 1. The number of hydrogen-bond donors (Lipinski definition) is 2. The van der Waals surface area contributed by atoms with E-state index in [-0.39, 0.29) is 34.1 Å². The molecule has 154 valence electrons. The van der Waals surface area contributed by atoms with Crippen LogP contribution >= 0.6 is 27.5 Å². The maximum absolute atomic E-state index is 14.9. The van der Waals surface area contributed by atoms with Crippen molar-refractivity contribution in [3.63, 3.8) is 0 Å². The van der Waals surface area contributed by atoms with Gasteiger partial charge in [0.25, 0.3) is 12.3 Å². The summed E-state index contributed by atoms with van der Waals surface area (Å²) in [4.78, 5) is 18.6. The van der Waals surface area contributed by atoms with Crippen LogP contribution in [0.2, 0.25) is 5.02 Å². The predicted octanol–water partition coefficient (Wildman–Crippen LogP) is 5.50. The number of hydrogen-bond acceptors (Lipinski definition) is 4. The lowest BCUT2D eigenvalue weighted by Gasteiger charge is -2.13. The van der Waals surface area contributed by atoms with Crippen LogP contribution in [0.3, 0.4) is 0 Å². The number of imidazole rings is 1. The van der Waals surface area contributed by atoms with Crippen LogP contribution in [-0.2, 0) is 6.54 Å². The van der Waals surface area contributed by atoms with Gasteiger partial charge in [-0.1, -0.05) is 17.7 Å². The van der Waals surface area contributed by atoms with E-state index >= 15 is 0 Å². The molecule has 0 bridgehead atoms. The third kappa shape index (κ3) is 4.75. The minimum Gasteiger partial charge on any atom is -0.453 e. The number of aromatic amines is 1. The number of H-pyrrole nitrogens is 1. The van der Waals surface area contributed by atoms with Crippen LogP contribution in [0.4, 0.5) is 13.2 Å². The van der Waals surface area contributed by atoms with E-state index in [0.717, 1.165) is 12.1 Å². The monoisotopic (exact) mass is 498 g/mol. The van der Waals surface area contributed by atoms with Crippen LogP contribution in [0.1, 0.15) is 33.6 Å². The van der Waals surface area contributed by atoms with Crippen LogP contribution < -0.4 is 10.1 Å². The van der Waals surface area contributed by atoms with Crippen molar-refractivity contribution in [2.75, 3.05) is 0 Å². The van der Waals surface area contributed by atoms with Crippen molar-refractivity contribution in [2.45, 2.75) is 13.0 Å². The van der Waals surface area contributed by atoms with Gasteiger partial charge in [-0.15, -0.1) is 0 Å². The normalized spacial score (nSPS) is 10.7. The molecular weight excluding hydrogens is 489 g/mol. The first-order valence-electron chi connectivity index (χ1n) is 8.25. The molecule has 0 atom stereocenters. The van der Waals surface area contributed by atoms with Gasteiger partial charge < -0.3 is 15.0 Å². The molecule has 30 heavy (non-hydrogen) atoms. The van der Waals surface area contributed by atoms with Crippen LogP contribution in [0.5, 0.6) is 11.5 Å². The average Bonchev–Trinajstić information content (AvgIpc) is 3.16. The molecule has 2 aromatic carbocycles. The Hall–Kier alpha value is -3.03. The number of nitriles is 1. The molecule has 0 saturated heterocycles. The first-order valence-corrected chi connectivity index (χ1v) is 9.42. The Morgan fingerprint density at radius 1 is 1.37 bits per heavy atom. The van der Waals surface area contributed by atoms with Crippen molar-refractivity contribution in [1.29, 1.82) is 5.26 Å². The number of nitrogens with one attached hydrogen (secondary N) is 2. The highest BCUT2D eigenvalue weighted by molar-refractivity contribution is 9.10. The van der Waals surface area contributed by atoms with E-state index in [2.05, 4.69) is 31.2 Å². The molecule has 1 amide bonds. The molecule has 1 aromatic heterocycles. The van der Waals surface area contributed by atoms with Crippen molar-refractivity contribution in [2.24, 2.45) is 0 Å². The van der Waals surface area contributed by atoms with E-state index < -0.39 is 29.5 Å². The zero-order valence-electron chi connectivity index (χ0n) is 14.8. The fourth-order valence-electron chi connectivity index (χ4n) is 2.49. The van der Waals surface area contributed by atoms with E-state index in [1.807, 2.05) is 0 Å². The Kier molecular flexibility index (Phi) is 6.64. The second-order valence-electron chi connectivity index (χ2n) is 5.91. The van der Waals surface area contributed by atoms with Gasteiger partial charge in [0.15, 0.2) is 11.6 Å². The fraction of sp³-hybridized carbons (Fsp3) is 0.105. The lowest BCUT2D eigenvalue weighted by Crippen LogP contribution is -2.24. The Morgan fingerprint density at radius 2 is 2.13 bits per heavy atom. The number of halogens is 5. The number of alkyl halides is 2. The first kappa shape index (κ1) is 21.7. The number of aromatic nitrogens is 2. The van der Waals surface area contributed by atoms with Gasteiger partial charge in [0, 0.05) is 17.7 Å². The van der Waals surface area contributed by atoms with Crippen molar-refractivity contribution in [3.8, 4) is 17.6 Å². The minimum absolute atomic E-state index is 0.0453. The second kappa shape index (κ2) is 9.19. The summed E-state index contributed by atoms with van der Waals surface area (Å²) in [7, 11) is 0. The highest BCUT2D eigenvalue weighted by Crippen LogP contribution is 2.35. The number of benzene rings is 2. The molecule has 11 heteroatoms. The van der Waals surface area contributed by atoms with Crippen molar-refractivity contribution in [1.82, 2.24) is 15.3 Å². The number of ether oxygens (including phenoxy) is 1. The zero-order chi connectivity index (χ0) is 21.8. The molecule has 6 nitrogen and oxygen atoms in total. The Morgan fingerprint density at radius 3 is 2.77 bits per heavy atom. The average molecular weight is 500 g/mol. The summed E-state index contributed by atoms with van der Waals surface area (Å²) in [5, 5.41) is 11.4. The van der Waals surface area contributed by atoms with Gasteiger partial charge in [0.2, 0.25) is 0 Å². The SMILES string of the molecule is N#Cc1cc(Oc2c(Cl)ccc(CNC(=O)c3[nH]cnc3Br)c2F)cc(C(F)F)c1. The third-order valence-corrected chi connectivity index (χ3v) is 4.82. The smallest absolute Gasteiger partial charge is 0.270 e. The Bertz CT molecular complexity index is 1150. The molecule has 0 aliphatic carbocycles. The summed E-state index contributed by atoms with van der Waals surface area (Å²) in [6.45, 7) is -0.204. The number of rotatable bonds is 6. The topological polar surface area (TPSA) is 90.8 Å². The highest BCUT2D eigenvalue weighted by Gasteiger charge is 2.19. The maximum Gasteiger partial charge on any atom is 0.270 e. The summed E-state index contributed by atoms with van der Waals surface area (Å²) in [6.07, 6.45) is -1.53. The largest absolute Gasteiger partial charge is 0.453 e. The van der Waals surface area contributed by atoms with Crippen LogP contribution in [0.15, 0.2) is 41.3 Å². The van der Waals surface area contributed by atoms with Crippen LogP contribution in [0, 0.1) is 17.1 Å². The van der Waals surface area contributed by atoms with Crippen molar-refractivity contribution in [3.05, 3.63) is 74.5 Å². The molecule has 0 aliphatic heterocycles. The van der Waals surface area contributed by atoms with Gasteiger partial charge in [0.1, 0.15) is 16.0 Å². The van der Waals surface area contributed by atoms with Gasteiger partial charge in [-0.05, 0) is 40.2 Å². The second-order valence-corrected chi connectivity index (χ2v) is 7.06. The lowest BCUT2D eigenvalue weighted by atomic mass is 10.1. The van der Waals surface area contributed by atoms with Gasteiger partial charge in [-0.3, -0.25) is 4.79 Å². The molecule has 0 unspecified atom stereocenters. The predicted molar refractivity (Wildman–Crippen MR) is 105 cm³/mol. The molecule has 2 N–H and O–H groups in total. The van der Waals surface area contributed by atoms with Crippen molar-refractivity contribution >= 4 is 33.4 Å². The first-order chi connectivity index (χ1) is 14.3. The molecule has 0 radical (unpaired) electrons. The number of carbonyl (C=O) groups excluding carboxylic acids is 1. The molecule has 3 rings (SSSR count). The zero-order valence-corrected chi connectivity index (χ0v) is 17.2. The van der Waals surface area contributed by atoms with Gasteiger partial charge >= 0.3 is 0 Å². The van der Waals surface area contributed by atoms with Gasteiger partial charge in [-0.25, -0.2) is 18.2 Å². The Labute approximate surface area is 181 Å². The lowest BCUT2D eigenvalue weighted by molar-refractivity contribution is 0.0945. The molecule has 1 heterocycles. The number of carbonyl (C=O) groups is 1. The standard InChI is InChI=1S/C19H11BrClF3N4O2/c20-17-15(27-8-28-17)19(29)26-7-10-1-2-13(21)16(14(10)22)30-12-4-9(6-25)3-11(5-12)18(23)24/h1-5,8,18H,7H2,(H,26,29)(H,27,28). The third-order valence-electron chi connectivity index (χ3n) is 3.92. The fourth-order valence-corrected chi connectivity index (χ4v) is 3.07. The summed E-state index contributed by atoms with van der Waals surface area (Å²) in [5.41, 5.74) is -0.320. The van der Waals surface area contributed by atoms with E-state index in [0.29, 0.717) is 4.60 Å². The Balaban J connectivity index is 1.85. The molecule has 0 aliphatic rings. The summed E-state index contributed by atoms with van der Waals surface area (Å²) >= 11 is 9.11. The molecule has 0 saturated carbocycles. The minimum atomic E-state index is -2.84. The maximum atomic E-state index is 14.9. The van der Waals surface area contributed by atoms with Crippen molar-refractivity contribution < 1.29 is 22.7 Å². The van der Waals surface area contributed by atoms with E-state index in [1.54, 1.807) is 6.07 Å². The summed E-state index contributed by atoms with van der Waals surface area (Å²) in [6, 6.07) is 7.62. The molecular formula is C19H11BrClF3N4O2. The van der Waals surface area contributed by atoms with E-state index in [1.165, 1.54) is 24.5 Å². The summed E-state index contributed by atoms with van der Waals surface area (Å²) in [5.74, 6) is -2.00. The van der Waals surface area contributed by atoms with E-state index in [4.69, 9.17) is 21.6 Å². The quantitative estimate of drug-likeness (QED) is 0.469. The van der Waals surface area contributed by atoms with Gasteiger partial charge in [0.05, 0.1) is 23.0 Å². The van der Waals surface area contributed by atoms with Gasteiger partial charge in [-0.2, -0.15) is 5.26 Å². The van der Waals surface area contributed by atoms with Crippen LogP contribution in [-0.4, -0.2) is 15.9 Å². The summed E-state index contributed by atoms with van der Waals surface area (Å²) < 4.78 is 46.7. The number of nitrogens with zero attached hydrogens (tertiary/aromatic N) is 2. The highest BCUT2D eigenvalue weighted by atomic mass is 79.9. The van der Waals surface area contributed by atoms with Crippen LogP contribution in [0.25, 0.3) is 0 Å². The molecule has 3 aromatic rings. The molecule has 0 spiro atoms.